The number of hydrogen-bond acceptors (Lipinski definition) is 6. The molecule has 0 spiro atoms. The van der Waals surface area contributed by atoms with Crippen LogP contribution in [0.1, 0.15) is 67.8 Å². The minimum atomic E-state index is -0.747. The first-order chi connectivity index (χ1) is 22.2. The second kappa shape index (κ2) is 14.4. The Morgan fingerprint density at radius 1 is 1.09 bits per heavy atom. The van der Waals surface area contributed by atoms with Gasteiger partial charge in [0.25, 0.3) is 5.91 Å². The Labute approximate surface area is 277 Å². The molecule has 2 aromatic carbocycles. The predicted octanol–water partition coefficient (Wildman–Crippen LogP) is 6.85. The summed E-state index contributed by atoms with van der Waals surface area (Å²) in [6.45, 7) is 5.21. The van der Waals surface area contributed by atoms with Crippen LogP contribution in [0.4, 0.5) is 10.1 Å². The molecule has 2 saturated heterocycles. The van der Waals surface area contributed by atoms with Crippen molar-refractivity contribution in [1.82, 2.24) is 9.80 Å². The molecule has 0 radical (unpaired) electrons. The Hall–Kier alpha value is -3.05. The average Bonchev–Trinajstić information content (AvgIpc) is 3.68. The molecule has 1 aromatic heterocycles. The van der Waals surface area contributed by atoms with Gasteiger partial charge in [-0.05, 0) is 87.7 Å². The maximum Gasteiger partial charge on any atom is 0.306 e. The van der Waals surface area contributed by atoms with Gasteiger partial charge in [-0.1, -0.05) is 36.7 Å². The standard InChI is InChI=1S/C35H41ClFN3O5S/c1-21-10-12-39(13-11-21)24-16-25(19-45-26-8-6-22(7-9-26)35(43)44)40(18-24)33(41)15-23-14-29(36)31(17-30(23)37)38-34(42)28-20-46-32-5-3-2-4-27(28)32/h2-5,14,17,20-22,24-26H,6-13,15-16,18-19H2,1H3,(H,38,42)(H,43,44)/t22?,24-,25-,26?/m0/s1. The number of hydrogen-bond donors (Lipinski definition) is 2. The zero-order valence-electron chi connectivity index (χ0n) is 26.1. The number of anilines is 1. The second-order valence-electron chi connectivity index (χ2n) is 13.2. The third-order valence-electron chi connectivity index (χ3n) is 10.0. The number of amides is 2. The number of nitrogens with one attached hydrogen (secondary N) is 1. The van der Waals surface area contributed by atoms with Crippen LogP contribution in [0.2, 0.25) is 5.02 Å². The average molecular weight is 670 g/mol. The maximum atomic E-state index is 15.5. The highest BCUT2D eigenvalue weighted by molar-refractivity contribution is 7.17. The molecule has 1 saturated carbocycles. The van der Waals surface area contributed by atoms with Gasteiger partial charge in [-0.3, -0.25) is 19.3 Å². The summed E-state index contributed by atoms with van der Waals surface area (Å²) < 4.78 is 22.7. The SMILES string of the molecule is CC1CCN([C@H]2C[C@@H](COC3CCC(C(=O)O)CC3)N(C(=O)Cc3cc(Cl)c(NC(=O)c4csc5ccccc45)cc3F)C2)CC1. The number of piperidine rings is 1. The highest BCUT2D eigenvalue weighted by Gasteiger charge is 2.39. The van der Waals surface area contributed by atoms with Crippen LogP contribution < -0.4 is 5.32 Å². The van der Waals surface area contributed by atoms with E-state index in [1.807, 2.05) is 29.2 Å². The number of carboxylic acid groups (broad SMARTS) is 1. The quantitative estimate of drug-likeness (QED) is 0.259. The monoisotopic (exact) mass is 669 g/mol. The Kier molecular flexibility index (Phi) is 10.3. The van der Waals surface area contributed by atoms with Gasteiger partial charge in [-0.2, -0.15) is 0 Å². The lowest BCUT2D eigenvalue weighted by molar-refractivity contribution is -0.144. The fourth-order valence-electron chi connectivity index (χ4n) is 7.16. The van der Waals surface area contributed by atoms with Gasteiger partial charge in [0.1, 0.15) is 5.82 Å². The number of carbonyl (C=O) groups is 3. The van der Waals surface area contributed by atoms with Crippen LogP contribution in [0.15, 0.2) is 41.8 Å². The number of nitrogens with zero attached hydrogens (tertiary/aromatic N) is 2. The number of carbonyl (C=O) groups excluding carboxylic acids is 2. The van der Waals surface area contributed by atoms with Crippen LogP contribution in [0.5, 0.6) is 0 Å². The van der Waals surface area contributed by atoms with E-state index in [0.29, 0.717) is 50.3 Å². The molecule has 11 heteroatoms. The van der Waals surface area contributed by atoms with Crippen molar-refractivity contribution in [3.05, 3.63) is 63.7 Å². The summed E-state index contributed by atoms with van der Waals surface area (Å²) >= 11 is 7.99. The van der Waals surface area contributed by atoms with Crippen molar-refractivity contribution < 1.29 is 28.6 Å². The van der Waals surface area contributed by atoms with Gasteiger partial charge in [-0.15, -0.1) is 11.3 Å². The minimum absolute atomic E-state index is 0.0199. The summed E-state index contributed by atoms with van der Waals surface area (Å²) in [5, 5.41) is 14.8. The van der Waals surface area contributed by atoms with Gasteiger partial charge < -0.3 is 20.1 Å². The molecule has 3 aliphatic rings. The van der Waals surface area contributed by atoms with Gasteiger partial charge in [0, 0.05) is 28.1 Å². The van der Waals surface area contributed by atoms with Gasteiger partial charge in [-0.25, -0.2) is 4.39 Å². The van der Waals surface area contributed by atoms with E-state index in [4.69, 9.17) is 16.3 Å². The van der Waals surface area contributed by atoms with Crippen LogP contribution in [0.25, 0.3) is 10.1 Å². The Morgan fingerprint density at radius 3 is 2.57 bits per heavy atom. The van der Waals surface area contributed by atoms with E-state index in [0.717, 1.165) is 42.4 Å². The summed E-state index contributed by atoms with van der Waals surface area (Å²) in [6, 6.07) is 10.3. The van der Waals surface area contributed by atoms with Crippen molar-refractivity contribution in [3.63, 3.8) is 0 Å². The Bertz CT molecular complexity index is 1580. The summed E-state index contributed by atoms with van der Waals surface area (Å²) in [6.07, 6.45) is 5.47. The number of carboxylic acids is 1. The molecule has 0 unspecified atom stereocenters. The number of aliphatic carboxylic acids is 1. The van der Waals surface area contributed by atoms with Crippen LogP contribution >= 0.6 is 22.9 Å². The van der Waals surface area contributed by atoms with E-state index >= 15 is 4.39 Å². The molecule has 2 amide bonds. The van der Waals surface area contributed by atoms with Gasteiger partial charge in [0.05, 0.1) is 47.4 Å². The van der Waals surface area contributed by atoms with Crippen molar-refractivity contribution in [2.75, 3.05) is 31.6 Å². The van der Waals surface area contributed by atoms with Crippen LogP contribution in [-0.4, -0.2) is 77.1 Å². The zero-order valence-corrected chi connectivity index (χ0v) is 27.6. The molecular weight excluding hydrogens is 629 g/mol. The molecule has 1 aliphatic carbocycles. The first-order valence-corrected chi connectivity index (χ1v) is 17.6. The van der Waals surface area contributed by atoms with Crippen LogP contribution in [0.3, 0.4) is 0 Å². The zero-order chi connectivity index (χ0) is 32.4. The second-order valence-corrected chi connectivity index (χ2v) is 14.5. The van der Waals surface area contributed by atoms with Gasteiger partial charge in [0.15, 0.2) is 0 Å². The largest absolute Gasteiger partial charge is 0.481 e. The molecule has 246 valence electrons. The molecular formula is C35H41ClFN3O5S. The van der Waals surface area contributed by atoms with Crippen molar-refractivity contribution in [3.8, 4) is 0 Å². The number of benzene rings is 2. The van der Waals surface area contributed by atoms with Crippen molar-refractivity contribution in [2.24, 2.45) is 11.8 Å². The summed E-state index contributed by atoms with van der Waals surface area (Å²) in [5.74, 6) is -1.53. The fraction of sp³-hybridized carbons (Fsp3) is 0.514. The van der Waals surface area contributed by atoms with Crippen LogP contribution in [-0.2, 0) is 20.7 Å². The molecule has 2 aliphatic heterocycles. The van der Waals surface area contributed by atoms with Crippen molar-refractivity contribution in [2.45, 2.75) is 76.5 Å². The molecule has 3 fully saturated rings. The van der Waals surface area contributed by atoms with E-state index in [2.05, 4.69) is 17.1 Å². The Balaban J connectivity index is 1.12. The highest BCUT2D eigenvalue weighted by atomic mass is 35.5. The van der Waals surface area contributed by atoms with Gasteiger partial charge >= 0.3 is 5.97 Å². The predicted molar refractivity (Wildman–Crippen MR) is 178 cm³/mol. The van der Waals surface area contributed by atoms with Gasteiger partial charge in [0.2, 0.25) is 5.91 Å². The normalized spacial score (nSPS) is 24.4. The van der Waals surface area contributed by atoms with E-state index in [1.165, 1.54) is 23.5 Å². The third kappa shape index (κ3) is 7.40. The first kappa shape index (κ1) is 32.9. The van der Waals surface area contributed by atoms with E-state index < -0.39 is 11.8 Å². The third-order valence-corrected chi connectivity index (χ3v) is 11.3. The lowest BCUT2D eigenvalue weighted by atomic mass is 9.87. The van der Waals surface area contributed by atoms with E-state index in [1.54, 1.807) is 5.38 Å². The molecule has 2 N–H and O–H groups in total. The smallest absolute Gasteiger partial charge is 0.306 e. The van der Waals surface area contributed by atoms with E-state index in [-0.39, 0.29) is 58.6 Å². The number of thiophene rings is 1. The molecule has 3 heterocycles. The highest BCUT2D eigenvalue weighted by Crippen LogP contribution is 2.33. The number of halogens is 2. The lowest BCUT2D eigenvalue weighted by Crippen LogP contribution is -2.43. The number of likely N-dealkylation sites (tertiary alicyclic amines) is 2. The maximum absolute atomic E-state index is 15.5. The summed E-state index contributed by atoms with van der Waals surface area (Å²) in [5.41, 5.74) is 0.822. The molecule has 0 bridgehead atoms. The number of rotatable bonds is 9. The number of fused-ring (bicyclic) bond motifs is 1. The molecule has 46 heavy (non-hydrogen) atoms. The molecule has 8 nitrogen and oxygen atoms in total. The lowest BCUT2D eigenvalue weighted by Gasteiger charge is -2.34. The van der Waals surface area contributed by atoms with E-state index in [9.17, 15) is 19.5 Å². The molecule has 2 atom stereocenters. The summed E-state index contributed by atoms with van der Waals surface area (Å²) in [7, 11) is 0. The molecule has 6 rings (SSSR count). The molecule has 3 aromatic rings. The summed E-state index contributed by atoms with van der Waals surface area (Å²) in [4.78, 5) is 42.5. The van der Waals surface area contributed by atoms with Crippen molar-refractivity contribution in [1.29, 1.82) is 0 Å². The topological polar surface area (TPSA) is 99.2 Å². The Morgan fingerprint density at radius 2 is 1.83 bits per heavy atom. The minimum Gasteiger partial charge on any atom is -0.481 e. The van der Waals surface area contributed by atoms with Crippen molar-refractivity contribution >= 4 is 56.5 Å². The number of ether oxygens (including phenoxy) is 1. The fourth-order valence-corrected chi connectivity index (χ4v) is 8.34. The first-order valence-electron chi connectivity index (χ1n) is 16.3. The van der Waals surface area contributed by atoms with Crippen LogP contribution in [0, 0.1) is 17.7 Å².